The Kier molecular flexibility index (Phi) is 4.07. The first-order valence-corrected chi connectivity index (χ1v) is 8.96. The van der Waals surface area contributed by atoms with Crippen molar-refractivity contribution in [3.8, 4) is 0 Å². The second kappa shape index (κ2) is 6.31. The van der Waals surface area contributed by atoms with Gasteiger partial charge in [0.05, 0.1) is 12.2 Å². The fourth-order valence-electron chi connectivity index (χ4n) is 3.18. The van der Waals surface area contributed by atoms with E-state index in [0.29, 0.717) is 22.2 Å². The van der Waals surface area contributed by atoms with Crippen LogP contribution in [0.25, 0.3) is 11.0 Å². The molecule has 0 radical (unpaired) electrons. The Hall–Kier alpha value is -3.00. The Balaban J connectivity index is 1.74. The van der Waals surface area contributed by atoms with Crippen LogP contribution in [0.4, 0.5) is 4.79 Å². The molecule has 27 heavy (non-hydrogen) atoms. The topological polar surface area (TPSA) is 92.5 Å². The Bertz CT molecular complexity index is 1130. The summed E-state index contributed by atoms with van der Waals surface area (Å²) in [5.41, 5.74) is -0.437. The van der Waals surface area contributed by atoms with Gasteiger partial charge >= 0.3 is 11.7 Å². The lowest BCUT2D eigenvalue weighted by Crippen LogP contribution is -2.41. The molecular weight excluding hydrogens is 414 g/mol. The maximum absolute atomic E-state index is 13.0. The number of carbonyl (C=O) groups is 2. The lowest BCUT2D eigenvalue weighted by Gasteiger charge is -2.21. The van der Waals surface area contributed by atoms with Crippen molar-refractivity contribution in [2.24, 2.45) is 0 Å². The maximum atomic E-state index is 13.0. The number of rotatable bonds is 3. The Labute approximate surface area is 162 Å². The number of urea groups is 1. The summed E-state index contributed by atoms with van der Waals surface area (Å²) >= 11 is 3.33. The van der Waals surface area contributed by atoms with E-state index in [1.54, 1.807) is 49.5 Å². The number of imide groups is 1. The quantitative estimate of drug-likeness (QED) is 0.512. The highest BCUT2D eigenvalue weighted by Gasteiger charge is 2.49. The normalized spacial score (nSPS) is 19.6. The average molecular weight is 428 g/mol. The third-order valence-corrected chi connectivity index (χ3v) is 5.07. The van der Waals surface area contributed by atoms with Gasteiger partial charge in [0.25, 0.3) is 5.91 Å². The van der Waals surface area contributed by atoms with Gasteiger partial charge in [-0.25, -0.2) is 9.59 Å². The molecule has 1 atom stereocenters. The summed E-state index contributed by atoms with van der Waals surface area (Å²) in [5, 5.41) is 3.36. The van der Waals surface area contributed by atoms with Crippen LogP contribution in [0.5, 0.6) is 0 Å². The number of nitrogens with one attached hydrogen (secondary N) is 1. The smallest absolute Gasteiger partial charge is 0.336 e. The fourth-order valence-corrected chi connectivity index (χ4v) is 3.52. The molecule has 0 bridgehead atoms. The van der Waals surface area contributed by atoms with Crippen molar-refractivity contribution in [2.75, 3.05) is 0 Å². The third-order valence-electron chi connectivity index (χ3n) is 4.57. The second-order valence-electron chi connectivity index (χ2n) is 6.39. The first-order valence-electron chi connectivity index (χ1n) is 8.16. The molecule has 1 saturated heterocycles. The molecule has 1 aromatic carbocycles. The Morgan fingerprint density at radius 2 is 2.00 bits per heavy atom. The summed E-state index contributed by atoms with van der Waals surface area (Å²) in [5.74, 6) is -0.426. The standard InChI is InChI=1S/C19H14BrN3O4/c1-19(15-4-2-3-7-21-15)17(25)23(18(26)22-19)10-11-8-16(24)27-14-9-12(20)5-6-13(11)14/h2-9H,10H2,1H3,(H,22,26). The van der Waals surface area contributed by atoms with Gasteiger partial charge < -0.3 is 9.73 Å². The van der Waals surface area contributed by atoms with E-state index in [1.165, 1.54) is 6.07 Å². The molecule has 1 aliphatic rings. The van der Waals surface area contributed by atoms with E-state index in [1.807, 2.05) is 0 Å². The maximum Gasteiger partial charge on any atom is 0.336 e. The molecule has 4 rings (SSSR count). The molecule has 0 aliphatic carbocycles. The fraction of sp³-hybridized carbons (Fsp3) is 0.158. The zero-order chi connectivity index (χ0) is 19.2. The van der Waals surface area contributed by atoms with E-state index in [2.05, 4.69) is 26.2 Å². The van der Waals surface area contributed by atoms with Crippen LogP contribution in [0.3, 0.4) is 0 Å². The first-order chi connectivity index (χ1) is 12.9. The molecule has 7 nitrogen and oxygen atoms in total. The van der Waals surface area contributed by atoms with E-state index in [-0.39, 0.29) is 6.54 Å². The van der Waals surface area contributed by atoms with E-state index in [0.717, 1.165) is 9.37 Å². The SMILES string of the molecule is CC1(c2ccccn2)NC(=O)N(Cc2cc(=O)oc3cc(Br)ccc23)C1=O. The summed E-state index contributed by atoms with van der Waals surface area (Å²) < 4.78 is 5.97. The van der Waals surface area contributed by atoms with Crippen LogP contribution in [0.1, 0.15) is 18.2 Å². The predicted octanol–water partition coefficient (Wildman–Crippen LogP) is 2.92. The number of amides is 3. The molecule has 136 valence electrons. The first kappa shape index (κ1) is 17.4. The summed E-state index contributed by atoms with van der Waals surface area (Å²) in [4.78, 5) is 42.7. The third kappa shape index (κ3) is 2.91. The van der Waals surface area contributed by atoms with E-state index in [4.69, 9.17) is 4.42 Å². The molecule has 3 aromatic rings. The number of hydrogen-bond donors (Lipinski definition) is 1. The van der Waals surface area contributed by atoms with Gasteiger partial charge in [0, 0.05) is 22.1 Å². The molecule has 2 aromatic heterocycles. The zero-order valence-corrected chi connectivity index (χ0v) is 15.8. The van der Waals surface area contributed by atoms with Crippen molar-refractivity contribution in [2.45, 2.75) is 19.0 Å². The summed E-state index contributed by atoms with van der Waals surface area (Å²) in [6, 6.07) is 11.2. The van der Waals surface area contributed by atoms with Crippen molar-refractivity contribution < 1.29 is 14.0 Å². The van der Waals surface area contributed by atoms with Gasteiger partial charge in [-0.1, -0.05) is 22.0 Å². The zero-order valence-electron chi connectivity index (χ0n) is 14.2. The van der Waals surface area contributed by atoms with Crippen molar-refractivity contribution >= 4 is 38.8 Å². The molecule has 1 aliphatic heterocycles. The lowest BCUT2D eigenvalue weighted by molar-refractivity contribution is -0.131. The van der Waals surface area contributed by atoms with Crippen LogP contribution >= 0.6 is 15.9 Å². The van der Waals surface area contributed by atoms with Crippen LogP contribution in [0.15, 0.2) is 62.3 Å². The molecule has 1 unspecified atom stereocenters. The van der Waals surface area contributed by atoms with Crippen LogP contribution < -0.4 is 10.9 Å². The highest BCUT2D eigenvalue weighted by molar-refractivity contribution is 9.10. The van der Waals surface area contributed by atoms with Crippen molar-refractivity contribution in [1.82, 2.24) is 15.2 Å². The van der Waals surface area contributed by atoms with Gasteiger partial charge in [-0.2, -0.15) is 0 Å². The highest BCUT2D eigenvalue weighted by atomic mass is 79.9. The second-order valence-corrected chi connectivity index (χ2v) is 7.31. The minimum Gasteiger partial charge on any atom is -0.423 e. The summed E-state index contributed by atoms with van der Waals surface area (Å²) in [6.07, 6.45) is 1.57. The molecule has 8 heteroatoms. The summed E-state index contributed by atoms with van der Waals surface area (Å²) in [6.45, 7) is 1.57. The molecule has 1 N–H and O–H groups in total. The van der Waals surface area contributed by atoms with Gasteiger partial charge in [-0.05, 0) is 42.8 Å². The van der Waals surface area contributed by atoms with Crippen LogP contribution in [-0.2, 0) is 16.9 Å². The van der Waals surface area contributed by atoms with Crippen molar-refractivity contribution in [3.05, 3.63) is 74.8 Å². The number of hydrogen-bond acceptors (Lipinski definition) is 5. The average Bonchev–Trinajstić information content (AvgIpc) is 2.86. The van der Waals surface area contributed by atoms with Crippen molar-refractivity contribution in [3.63, 3.8) is 0 Å². The lowest BCUT2D eigenvalue weighted by atomic mass is 9.97. The number of fused-ring (bicyclic) bond motifs is 1. The number of benzene rings is 1. The van der Waals surface area contributed by atoms with Gasteiger partial charge in [-0.3, -0.25) is 14.7 Å². The van der Waals surface area contributed by atoms with Gasteiger partial charge in [0.15, 0.2) is 5.54 Å². The largest absolute Gasteiger partial charge is 0.423 e. The van der Waals surface area contributed by atoms with Crippen LogP contribution in [-0.4, -0.2) is 21.8 Å². The minimum atomic E-state index is -1.25. The van der Waals surface area contributed by atoms with E-state index in [9.17, 15) is 14.4 Å². The monoisotopic (exact) mass is 427 g/mol. The van der Waals surface area contributed by atoms with Gasteiger partial charge in [0.1, 0.15) is 5.58 Å². The minimum absolute atomic E-state index is 0.0448. The van der Waals surface area contributed by atoms with Crippen LogP contribution in [0.2, 0.25) is 0 Å². The molecular formula is C19H14BrN3O4. The number of nitrogens with zero attached hydrogens (tertiary/aromatic N) is 2. The van der Waals surface area contributed by atoms with Crippen LogP contribution in [0, 0.1) is 0 Å². The number of aromatic nitrogens is 1. The van der Waals surface area contributed by atoms with E-state index < -0.39 is 23.1 Å². The number of halogens is 1. The molecule has 3 amide bonds. The molecule has 3 heterocycles. The predicted molar refractivity (Wildman–Crippen MR) is 101 cm³/mol. The summed E-state index contributed by atoms with van der Waals surface area (Å²) in [7, 11) is 0. The number of pyridine rings is 1. The number of carbonyl (C=O) groups excluding carboxylic acids is 2. The highest BCUT2D eigenvalue weighted by Crippen LogP contribution is 2.30. The molecule has 0 spiro atoms. The Morgan fingerprint density at radius 1 is 1.19 bits per heavy atom. The van der Waals surface area contributed by atoms with E-state index >= 15 is 0 Å². The van der Waals surface area contributed by atoms with Crippen molar-refractivity contribution in [1.29, 1.82) is 0 Å². The molecule has 0 saturated carbocycles. The molecule has 1 fully saturated rings. The Morgan fingerprint density at radius 3 is 2.74 bits per heavy atom. The van der Waals surface area contributed by atoms with Gasteiger partial charge in [0.2, 0.25) is 0 Å². The van der Waals surface area contributed by atoms with Gasteiger partial charge in [-0.15, -0.1) is 0 Å².